The van der Waals surface area contributed by atoms with Crippen molar-refractivity contribution in [2.24, 2.45) is 0 Å². The molecule has 0 N–H and O–H groups in total. The maximum absolute atomic E-state index is 12.6. The zero-order valence-corrected chi connectivity index (χ0v) is 14.2. The van der Waals surface area contributed by atoms with Gasteiger partial charge in [0.05, 0.1) is 6.61 Å². The van der Waals surface area contributed by atoms with Crippen molar-refractivity contribution in [1.29, 1.82) is 0 Å². The van der Waals surface area contributed by atoms with Gasteiger partial charge in [-0.25, -0.2) is 4.79 Å². The summed E-state index contributed by atoms with van der Waals surface area (Å²) in [5.41, 5.74) is 1.53. The Hall–Kier alpha value is -2.82. The third-order valence-corrected chi connectivity index (χ3v) is 4.09. The van der Waals surface area contributed by atoms with Gasteiger partial charge in [0.2, 0.25) is 0 Å². The lowest BCUT2D eigenvalue weighted by Gasteiger charge is -2.19. The topological polar surface area (TPSA) is 57.5 Å². The van der Waals surface area contributed by atoms with Crippen molar-refractivity contribution in [3.63, 3.8) is 0 Å². The Balaban J connectivity index is 1.87. The summed E-state index contributed by atoms with van der Waals surface area (Å²) in [4.78, 5) is 24.8. The fourth-order valence-electron chi connectivity index (χ4n) is 2.92. The molecule has 25 heavy (non-hydrogen) atoms. The Labute approximate surface area is 146 Å². The normalized spacial score (nSPS) is 16.0. The number of carbonyl (C=O) groups is 1. The number of ether oxygens (including phenoxy) is 2. The van der Waals surface area contributed by atoms with E-state index in [2.05, 4.69) is 0 Å². The fourth-order valence-corrected chi connectivity index (χ4v) is 2.92. The van der Waals surface area contributed by atoms with E-state index < -0.39 is 6.04 Å². The van der Waals surface area contributed by atoms with Crippen LogP contribution in [0, 0.1) is 0 Å². The average Bonchev–Trinajstić information content (AvgIpc) is 2.84. The number of allylic oxidation sites excluding steroid dienone is 2. The van der Waals surface area contributed by atoms with E-state index in [-0.39, 0.29) is 11.5 Å². The summed E-state index contributed by atoms with van der Waals surface area (Å²) in [6, 6.07) is 12.4. The van der Waals surface area contributed by atoms with Crippen LogP contribution in [-0.2, 0) is 22.6 Å². The van der Waals surface area contributed by atoms with Gasteiger partial charge in [-0.3, -0.25) is 9.36 Å². The smallest absolute Gasteiger partial charge is 0.329 e. The second kappa shape index (κ2) is 7.83. The van der Waals surface area contributed by atoms with Gasteiger partial charge >= 0.3 is 5.97 Å². The summed E-state index contributed by atoms with van der Waals surface area (Å²) in [6.45, 7) is 2.44. The van der Waals surface area contributed by atoms with Crippen molar-refractivity contribution < 1.29 is 14.3 Å². The molecule has 2 aromatic rings. The van der Waals surface area contributed by atoms with Crippen LogP contribution in [-0.4, -0.2) is 17.1 Å². The minimum atomic E-state index is -0.621. The predicted octanol–water partition coefficient (Wildman–Crippen LogP) is 3.03. The van der Waals surface area contributed by atoms with Gasteiger partial charge in [-0.1, -0.05) is 42.5 Å². The average molecular weight is 339 g/mol. The number of pyridine rings is 1. The summed E-state index contributed by atoms with van der Waals surface area (Å²) < 4.78 is 12.4. The first-order chi connectivity index (χ1) is 12.2. The van der Waals surface area contributed by atoms with E-state index >= 15 is 0 Å². The molecule has 130 valence electrons. The van der Waals surface area contributed by atoms with Gasteiger partial charge in [0.1, 0.15) is 18.4 Å². The molecule has 0 spiro atoms. The second-order valence-corrected chi connectivity index (χ2v) is 5.84. The van der Waals surface area contributed by atoms with Crippen LogP contribution in [0.4, 0.5) is 0 Å². The van der Waals surface area contributed by atoms with Crippen LogP contribution in [0.5, 0.6) is 5.75 Å². The summed E-state index contributed by atoms with van der Waals surface area (Å²) in [5, 5.41) is 0. The lowest BCUT2D eigenvalue weighted by Crippen LogP contribution is -2.32. The molecule has 0 amide bonds. The highest BCUT2D eigenvalue weighted by Crippen LogP contribution is 2.22. The van der Waals surface area contributed by atoms with Crippen molar-refractivity contribution >= 4 is 5.97 Å². The Morgan fingerprint density at radius 2 is 2.00 bits per heavy atom. The SMILES string of the molecule is CCOC(=O)C1CC=CCc2cc(OCc3ccccc3)cc(=O)n21. The van der Waals surface area contributed by atoms with E-state index in [0.29, 0.717) is 31.8 Å². The van der Waals surface area contributed by atoms with Crippen molar-refractivity contribution in [2.45, 2.75) is 32.4 Å². The van der Waals surface area contributed by atoms with Crippen LogP contribution in [0.25, 0.3) is 0 Å². The number of rotatable bonds is 5. The minimum absolute atomic E-state index is 0.248. The van der Waals surface area contributed by atoms with Crippen LogP contribution < -0.4 is 10.3 Å². The highest BCUT2D eigenvalue weighted by atomic mass is 16.5. The van der Waals surface area contributed by atoms with E-state index in [1.54, 1.807) is 6.92 Å². The van der Waals surface area contributed by atoms with Crippen LogP contribution in [0.15, 0.2) is 59.4 Å². The van der Waals surface area contributed by atoms with E-state index in [0.717, 1.165) is 11.3 Å². The van der Waals surface area contributed by atoms with Gasteiger partial charge in [-0.05, 0) is 18.9 Å². The molecule has 0 saturated carbocycles. The van der Waals surface area contributed by atoms with E-state index in [1.807, 2.05) is 48.6 Å². The molecular weight excluding hydrogens is 318 g/mol. The number of benzene rings is 1. The number of hydrogen-bond donors (Lipinski definition) is 0. The van der Waals surface area contributed by atoms with Crippen LogP contribution in [0.2, 0.25) is 0 Å². The molecule has 0 bridgehead atoms. The number of esters is 1. The molecule has 1 unspecified atom stereocenters. The second-order valence-electron chi connectivity index (χ2n) is 5.84. The van der Waals surface area contributed by atoms with Gasteiger partial charge < -0.3 is 9.47 Å². The lowest BCUT2D eigenvalue weighted by atomic mass is 10.2. The molecule has 0 saturated heterocycles. The Morgan fingerprint density at radius 1 is 1.20 bits per heavy atom. The molecular formula is C20H21NO4. The quantitative estimate of drug-likeness (QED) is 0.621. The summed E-state index contributed by atoms with van der Waals surface area (Å²) in [6.07, 6.45) is 4.91. The Bertz CT molecular complexity index is 823. The molecule has 3 rings (SSSR count). The van der Waals surface area contributed by atoms with Gasteiger partial charge in [-0.15, -0.1) is 0 Å². The van der Waals surface area contributed by atoms with E-state index in [1.165, 1.54) is 10.6 Å². The molecule has 0 fully saturated rings. The highest BCUT2D eigenvalue weighted by Gasteiger charge is 2.25. The molecule has 1 aromatic heterocycles. The van der Waals surface area contributed by atoms with Crippen molar-refractivity contribution in [3.8, 4) is 5.75 Å². The van der Waals surface area contributed by atoms with Crippen molar-refractivity contribution in [2.75, 3.05) is 6.61 Å². The predicted molar refractivity (Wildman–Crippen MR) is 94.6 cm³/mol. The van der Waals surface area contributed by atoms with Gasteiger partial charge in [0, 0.05) is 24.2 Å². The first-order valence-corrected chi connectivity index (χ1v) is 8.43. The summed E-state index contributed by atoms with van der Waals surface area (Å²) in [7, 11) is 0. The lowest BCUT2D eigenvalue weighted by molar-refractivity contribution is -0.147. The van der Waals surface area contributed by atoms with Gasteiger partial charge in [0.15, 0.2) is 0 Å². The largest absolute Gasteiger partial charge is 0.489 e. The van der Waals surface area contributed by atoms with Gasteiger partial charge in [-0.2, -0.15) is 0 Å². The van der Waals surface area contributed by atoms with Crippen molar-refractivity contribution in [1.82, 2.24) is 4.57 Å². The van der Waals surface area contributed by atoms with Crippen molar-refractivity contribution in [3.05, 3.63) is 76.2 Å². The van der Waals surface area contributed by atoms with Crippen LogP contribution >= 0.6 is 0 Å². The molecule has 5 heteroatoms. The van der Waals surface area contributed by atoms with Crippen LogP contribution in [0.3, 0.4) is 0 Å². The first-order valence-electron chi connectivity index (χ1n) is 8.43. The maximum Gasteiger partial charge on any atom is 0.329 e. The minimum Gasteiger partial charge on any atom is -0.489 e. The van der Waals surface area contributed by atoms with E-state index in [4.69, 9.17) is 9.47 Å². The zero-order valence-electron chi connectivity index (χ0n) is 14.2. The number of hydrogen-bond acceptors (Lipinski definition) is 4. The number of aromatic nitrogens is 1. The molecule has 1 aliphatic rings. The maximum atomic E-state index is 12.6. The first kappa shape index (κ1) is 17.0. The fraction of sp³-hybridized carbons (Fsp3) is 0.300. The number of nitrogens with zero attached hydrogens (tertiary/aromatic N) is 1. The Kier molecular flexibility index (Phi) is 5.33. The van der Waals surface area contributed by atoms with Crippen LogP contribution in [0.1, 0.15) is 30.6 Å². The highest BCUT2D eigenvalue weighted by molar-refractivity contribution is 5.74. The molecule has 0 radical (unpaired) electrons. The molecule has 2 heterocycles. The van der Waals surface area contributed by atoms with Gasteiger partial charge in [0.25, 0.3) is 5.56 Å². The third-order valence-electron chi connectivity index (χ3n) is 4.09. The molecule has 1 aromatic carbocycles. The Morgan fingerprint density at radius 3 is 2.76 bits per heavy atom. The third kappa shape index (κ3) is 3.99. The number of carbonyl (C=O) groups excluding carboxylic acids is 1. The zero-order chi connectivity index (χ0) is 17.6. The summed E-state index contributed by atoms with van der Waals surface area (Å²) in [5.74, 6) is 0.133. The molecule has 0 aliphatic carbocycles. The molecule has 1 aliphatic heterocycles. The summed E-state index contributed by atoms with van der Waals surface area (Å²) >= 11 is 0. The molecule has 1 atom stereocenters. The number of fused-ring (bicyclic) bond motifs is 1. The monoisotopic (exact) mass is 339 g/mol. The molecule has 5 nitrogen and oxygen atoms in total. The standard InChI is InChI=1S/C20H21NO4/c1-2-24-20(23)18-11-7-6-10-16-12-17(13-19(22)21(16)18)25-14-15-8-4-3-5-9-15/h3-9,12-13,18H,2,10-11,14H2,1H3. The van der Waals surface area contributed by atoms with E-state index in [9.17, 15) is 9.59 Å².